The number of anilines is 1. The molecule has 2 heterocycles. The molecule has 0 amide bonds. The zero-order chi connectivity index (χ0) is 14.4. The monoisotopic (exact) mass is 252 g/mol. The molecule has 2 N–H and O–H groups in total. The van der Waals surface area contributed by atoms with Crippen molar-refractivity contribution in [3.8, 4) is 11.3 Å². The molecule has 96 valence electrons. The van der Waals surface area contributed by atoms with Gasteiger partial charge in [-0.1, -0.05) is 19.3 Å². The topological polar surface area (TPSA) is 64.7 Å². The normalized spacial score (nSPS) is 9.42. The Labute approximate surface area is 115 Å². The number of hydrogen-bond acceptors (Lipinski definition) is 4. The van der Waals surface area contributed by atoms with Crippen LogP contribution >= 0.6 is 0 Å². The van der Waals surface area contributed by atoms with Crippen molar-refractivity contribution in [2.45, 2.75) is 20.8 Å². The number of nitrogen functional groups attached to an aromatic ring is 1. The molecular weight excluding hydrogens is 235 g/mol. The van der Waals surface area contributed by atoms with E-state index in [4.69, 9.17) is 13.6 Å². The first-order valence-corrected chi connectivity index (χ1v) is 6.09. The van der Waals surface area contributed by atoms with Crippen LogP contribution in [0.5, 0.6) is 0 Å². The minimum atomic E-state index is 0.336. The van der Waals surface area contributed by atoms with Crippen LogP contribution in [-0.2, 0) is 0 Å². The Balaban J connectivity index is 0.000000861. The maximum atomic E-state index is 6.00. The van der Waals surface area contributed by atoms with Gasteiger partial charge in [-0.05, 0) is 19.1 Å². The molecule has 0 saturated heterocycles. The SMILES string of the molecule is CC.[B]C(=C)c1nc(C)nc(-c2ccncc2)c1N. The number of nitrogens with two attached hydrogens (primary N) is 1. The lowest BCUT2D eigenvalue weighted by atomic mass is 9.92. The van der Waals surface area contributed by atoms with Crippen LogP contribution in [0.4, 0.5) is 5.69 Å². The fourth-order valence-electron chi connectivity index (χ4n) is 1.56. The molecule has 4 nitrogen and oxygen atoms in total. The quantitative estimate of drug-likeness (QED) is 0.834. The predicted octanol–water partition coefficient (Wildman–Crippen LogP) is 2.59. The molecule has 0 aromatic carbocycles. The first-order valence-electron chi connectivity index (χ1n) is 6.09. The summed E-state index contributed by atoms with van der Waals surface area (Å²) in [5, 5.41) is 0. The summed E-state index contributed by atoms with van der Waals surface area (Å²) in [5.74, 6) is 0.604. The van der Waals surface area contributed by atoms with Crippen molar-refractivity contribution < 1.29 is 0 Å². The second kappa shape index (κ2) is 6.68. The Morgan fingerprint density at radius 3 is 2.32 bits per heavy atom. The second-order valence-electron chi connectivity index (χ2n) is 3.64. The van der Waals surface area contributed by atoms with Crippen molar-refractivity contribution in [1.82, 2.24) is 15.0 Å². The zero-order valence-corrected chi connectivity index (χ0v) is 11.5. The highest BCUT2D eigenvalue weighted by Gasteiger charge is 2.11. The van der Waals surface area contributed by atoms with Gasteiger partial charge in [0.25, 0.3) is 0 Å². The van der Waals surface area contributed by atoms with E-state index < -0.39 is 0 Å². The van der Waals surface area contributed by atoms with Gasteiger partial charge in [0.15, 0.2) is 0 Å². The van der Waals surface area contributed by atoms with Gasteiger partial charge >= 0.3 is 0 Å². The van der Waals surface area contributed by atoms with Gasteiger partial charge in [-0.25, -0.2) is 9.97 Å². The molecule has 0 aliphatic rings. The third-order valence-corrected chi connectivity index (χ3v) is 2.32. The van der Waals surface area contributed by atoms with E-state index in [1.807, 2.05) is 26.0 Å². The third-order valence-electron chi connectivity index (χ3n) is 2.32. The highest BCUT2D eigenvalue weighted by Crippen LogP contribution is 2.27. The molecule has 2 rings (SSSR count). The maximum absolute atomic E-state index is 6.00. The smallest absolute Gasteiger partial charge is 0.126 e. The molecule has 0 atom stereocenters. The molecule has 2 aromatic rings. The minimum Gasteiger partial charge on any atom is -0.395 e. The van der Waals surface area contributed by atoms with E-state index in [9.17, 15) is 0 Å². The van der Waals surface area contributed by atoms with E-state index in [-0.39, 0.29) is 0 Å². The van der Waals surface area contributed by atoms with Gasteiger partial charge in [-0.2, -0.15) is 0 Å². The highest BCUT2D eigenvalue weighted by atomic mass is 14.9. The lowest BCUT2D eigenvalue weighted by Crippen LogP contribution is -2.04. The van der Waals surface area contributed by atoms with E-state index in [1.165, 1.54) is 0 Å². The molecule has 0 saturated carbocycles. The number of nitrogens with zero attached hydrogens (tertiary/aromatic N) is 3. The molecule has 0 unspecified atom stereocenters. The van der Waals surface area contributed by atoms with E-state index in [2.05, 4.69) is 21.5 Å². The number of hydrogen-bond donors (Lipinski definition) is 1. The summed E-state index contributed by atoms with van der Waals surface area (Å²) in [5.41, 5.74) is 8.80. The first-order chi connectivity index (χ1) is 9.09. The number of aryl methyl sites for hydroxylation is 1. The maximum Gasteiger partial charge on any atom is 0.126 e. The predicted molar refractivity (Wildman–Crippen MR) is 80.5 cm³/mol. The van der Waals surface area contributed by atoms with E-state index in [0.29, 0.717) is 28.4 Å². The van der Waals surface area contributed by atoms with Crippen molar-refractivity contribution in [2.75, 3.05) is 5.73 Å². The molecule has 0 spiro atoms. The van der Waals surface area contributed by atoms with E-state index >= 15 is 0 Å². The molecular formula is C14H17BN4. The molecule has 2 radical (unpaired) electrons. The highest BCUT2D eigenvalue weighted by molar-refractivity contribution is 6.42. The van der Waals surface area contributed by atoms with Gasteiger partial charge in [0.05, 0.1) is 17.1 Å². The molecule has 19 heavy (non-hydrogen) atoms. The average Bonchev–Trinajstić information content (AvgIpc) is 2.44. The summed E-state index contributed by atoms with van der Waals surface area (Å²) in [4.78, 5) is 12.5. The molecule has 0 bridgehead atoms. The standard InChI is InChI=1S/C12H11BN4.C2H6/c1-7(13)11-10(14)12(17-8(2)16-11)9-3-5-15-6-4-9;1-2/h3-6H,1,14H2,2H3;1-2H3. The summed E-state index contributed by atoms with van der Waals surface area (Å²) in [6, 6.07) is 3.67. The Morgan fingerprint density at radius 2 is 1.79 bits per heavy atom. The van der Waals surface area contributed by atoms with Gasteiger partial charge in [0, 0.05) is 18.0 Å². The van der Waals surface area contributed by atoms with Crippen LogP contribution in [0.25, 0.3) is 16.7 Å². The van der Waals surface area contributed by atoms with E-state index in [1.54, 1.807) is 19.3 Å². The molecule has 0 aliphatic heterocycles. The van der Waals surface area contributed by atoms with Gasteiger partial charge in [-0.15, -0.1) is 6.58 Å². The summed E-state index contributed by atoms with van der Waals surface area (Å²) in [6.07, 6.45) is 3.37. The van der Waals surface area contributed by atoms with Crippen molar-refractivity contribution in [3.63, 3.8) is 0 Å². The third kappa shape index (κ3) is 3.41. The van der Waals surface area contributed by atoms with Crippen LogP contribution in [0.3, 0.4) is 0 Å². The van der Waals surface area contributed by atoms with Crippen LogP contribution in [0, 0.1) is 6.92 Å². The largest absolute Gasteiger partial charge is 0.395 e. The summed E-state index contributed by atoms with van der Waals surface area (Å²) < 4.78 is 0. The van der Waals surface area contributed by atoms with Crippen LogP contribution in [-0.4, -0.2) is 22.8 Å². The van der Waals surface area contributed by atoms with Crippen LogP contribution in [0.1, 0.15) is 25.4 Å². The van der Waals surface area contributed by atoms with Crippen molar-refractivity contribution in [2.24, 2.45) is 0 Å². The summed E-state index contributed by atoms with van der Waals surface area (Å²) >= 11 is 0. The number of rotatable bonds is 2. The minimum absolute atomic E-state index is 0.336. The molecule has 2 aromatic heterocycles. The Bertz CT molecular complexity index is 567. The van der Waals surface area contributed by atoms with Crippen molar-refractivity contribution in [3.05, 3.63) is 42.6 Å². The Hall–Kier alpha value is -2.17. The van der Waals surface area contributed by atoms with E-state index in [0.717, 1.165) is 5.56 Å². The first kappa shape index (κ1) is 14.9. The fraction of sp³-hybridized carbons (Fsp3) is 0.214. The lowest BCUT2D eigenvalue weighted by molar-refractivity contribution is 1.05. The lowest BCUT2D eigenvalue weighted by Gasteiger charge is -2.10. The van der Waals surface area contributed by atoms with Gasteiger partial charge in [0.1, 0.15) is 13.7 Å². The Kier molecular flexibility index (Phi) is 5.24. The van der Waals surface area contributed by atoms with Crippen LogP contribution in [0.2, 0.25) is 0 Å². The summed E-state index contributed by atoms with van der Waals surface area (Å²) in [7, 11) is 5.65. The summed E-state index contributed by atoms with van der Waals surface area (Å²) in [6.45, 7) is 9.45. The van der Waals surface area contributed by atoms with Gasteiger partial charge in [-0.3, -0.25) is 4.98 Å². The van der Waals surface area contributed by atoms with Gasteiger partial charge < -0.3 is 5.73 Å². The van der Waals surface area contributed by atoms with Crippen molar-refractivity contribution in [1.29, 1.82) is 0 Å². The molecule has 0 fully saturated rings. The fourth-order valence-corrected chi connectivity index (χ4v) is 1.56. The van der Waals surface area contributed by atoms with Crippen molar-refractivity contribution >= 4 is 19.0 Å². The number of pyridine rings is 1. The van der Waals surface area contributed by atoms with Gasteiger partial charge in [0.2, 0.25) is 0 Å². The molecule has 5 heteroatoms. The molecule has 0 aliphatic carbocycles. The zero-order valence-electron chi connectivity index (χ0n) is 11.5. The average molecular weight is 252 g/mol. The van der Waals surface area contributed by atoms with Crippen LogP contribution < -0.4 is 5.73 Å². The second-order valence-corrected chi connectivity index (χ2v) is 3.64. The Morgan fingerprint density at radius 1 is 1.21 bits per heavy atom. The van der Waals surface area contributed by atoms with Crippen LogP contribution in [0.15, 0.2) is 31.1 Å². The number of aromatic nitrogens is 3.